The van der Waals surface area contributed by atoms with Gasteiger partial charge in [0.1, 0.15) is 5.75 Å². The third kappa shape index (κ3) is 4.81. The Balaban J connectivity index is 1.63. The number of hydrogen-bond acceptors (Lipinski definition) is 6. The highest BCUT2D eigenvalue weighted by molar-refractivity contribution is 5.80. The number of likely N-dealkylation sites (tertiary alicyclic amines) is 1. The second-order valence-electron chi connectivity index (χ2n) is 7.60. The van der Waals surface area contributed by atoms with E-state index in [1.807, 2.05) is 41.1 Å². The van der Waals surface area contributed by atoms with Gasteiger partial charge < -0.3 is 14.7 Å². The number of hydrazine groups is 1. The summed E-state index contributed by atoms with van der Waals surface area (Å²) in [5.41, 5.74) is 7.42. The Morgan fingerprint density at radius 1 is 1.25 bits per heavy atom. The summed E-state index contributed by atoms with van der Waals surface area (Å²) in [5, 5.41) is 9.01. The molecule has 2 aliphatic heterocycles. The van der Waals surface area contributed by atoms with Crippen molar-refractivity contribution in [2.75, 3.05) is 40.3 Å². The number of aliphatic carboxylic acids is 1. The molecule has 0 radical (unpaired) electrons. The van der Waals surface area contributed by atoms with Gasteiger partial charge in [0, 0.05) is 25.7 Å². The monoisotopic (exact) mass is 390 g/mol. The molecule has 154 valence electrons. The minimum atomic E-state index is -0.815. The van der Waals surface area contributed by atoms with Crippen molar-refractivity contribution in [3.63, 3.8) is 0 Å². The van der Waals surface area contributed by atoms with Crippen LogP contribution >= 0.6 is 0 Å². The van der Waals surface area contributed by atoms with Gasteiger partial charge in [0.15, 0.2) is 0 Å². The highest BCUT2D eigenvalue weighted by Crippen LogP contribution is 2.29. The van der Waals surface area contributed by atoms with Gasteiger partial charge in [0.25, 0.3) is 0 Å². The molecule has 8 nitrogen and oxygen atoms in total. The lowest BCUT2D eigenvalue weighted by Crippen LogP contribution is -2.41. The number of ether oxygens (including phenoxy) is 1. The van der Waals surface area contributed by atoms with E-state index >= 15 is 0 Å². The van der Waals surface area contributed by atoms with Crippen LogP contribution in [0.15, 0.2) is 24.3 Å². The number of benzene rings is 1. The Hall–Kier alpha value is -2.16. The minimum absolute atomic E-state index is 0.0363. The summed E-state index contributed by atoms with van der Waals surface area (Å²) in [5.74, 6) is -0.0340. The number of hydrogen-bond donors (Lipinski definition) is 3. The first kappa shape index (κ1) is 20.6. The first-order chi connectivity index (χ1) is 13.5. The molecule has 1 amide bonds. The van der Waals surface area contributed by atoms with Crippen LogP contribution in [0, 0.1) is 5.92 Å². The molecule has 1 aromatic carbocycles. The first-order valence-corrected chi connectivity index (χ1v) is 9.82. The summed E-state index contributed by atoms with van der Waals surface area (Å²) in [7, 11) is 3.48. The predicted molar refractivity (Wildman–Crippen MR) is 105 cm³/mol. The topological polar surface area (TPSA) is 94.1 Å². The first-order valence-electron chi connectivity index (χ1n) is 9.82. The number of carboxylic acids is 1. The van der Waals surface area contributed by atoms with Crippen molar-refractivity contribution in [3.05, 3.63) is 29.8 Å². The van der Waals surface area contributed by atoms with Crippen LogP contribution in [0.1, 0.15) is 30.9 Å². The van der Waals surface area contributed by atoms with Crippen molar-refractivity contribution >= 4 is 11.9 Å². The quantitative estimate of drug-likeness (QED) is 0.663. The van der Waals surface area contributed by atoms with Crippen LogP contribution < -0.4 is 15.6 Å². The fourth-order valence-electron chi connectivity index (χ4n) is 4.17. The second kappa shape index (κ2) is 9.36. The molecule has 0 aliphatic carbocycles. The van der Waals surface area contributed by atoms with Gasteiger partial charge in [-0.25, -0.2) is 5.43 Å². The van der Waals surface area contributed by atoms with E-state index in [4.69, 9.17) is 9.84 Å². The molecule has 1 aromatic rings. The molecular formula is C20H30N4O4. The number of carboxylic acid groups (broad SMARTS) is 1. The molecule has 2 aliphatic rings. The molecule has 0 spiro atoms. The summed E-state index contributed by atoms with van der Waals surface area (Å²) < 4.78 is 5.22. The van der Waals surface area contributed by atoms with E-state index in [-0.39, 0.29) is 30.5 Å². The Morgan fingerprint density at radius 2 is 2.00 bits per heavy atom. The van der Waals surface area contributed by atoms with Crippen LogP contribution in [0.2, 0.25) is 0 Å². The smallest absolute Gasteiger partial charge is 0.317 e. The molecule has 2 saturated heterocycles. The van der Waals surface area contributed by atoms with Crippen LogP contribution in [0.5, 0.6) is 5.75 Å². The van der Waals surface area contributed by atoms with Crippen molar-refractivity contribution in [3.8, 4) is 5.75 Å². The molecule has 0 aromatic heterocycles. The molecule has 3 unspecified atom stereocenters. The molecule has 3 rings (SSSR count). The molecule has 28 heavy (non-hydrogen) atoms. The molecule has 3 N–H and O–H groups in total. The van der Waals surface area contributed by atoms with E-state index in [0.717, 1.165) is 37.1 Å². The van der Waals surface area contributed by atoms with Crippen LogP contribution in [-0.4, -0.2) is 73.2 Å². The van der Waals surface area contributed by atoms with Gasteiger partial charge in [-0.1, -0.05) is 12.1 Å². The van der Waals surface area contributed by atoms with Crippen LogP contribution in [0.3, 0.4) is 0 Å². The van der Waals surface area contributed by atoms with E-state index in [1.54, 1.807) is 7.11 Å². The number of likely N-dealkylation sites (N-methyl/N-ethyl adjacent to an activating group) is 1. The van der Waals surface area contributed by atoms with Crippen molar-refractivity contribution in [1.82, 2.24) is 20.7 Å². The third-order valence-electron chi connectivity index (χ3n) is 5.79. The lowest BCUT2D eigenvalue weighted by Gasteiger charge is -2.28. The number of nitrogens with one attached hydrogen (secondary N) is 2. The zero-order valence-corrected chi connectivity index (χ0v) is 16.6. The molecule has 0 saturated carbocycles. The van der Waals surface area contributed by atoms with E-state index in [2.05, 4.69) is 10.9 Å². The summed E-state index contributed by atoms with van der Waals surface area (Å²) in [6.45, 7) is 2.02. The minimum Gasteiger partial charge on any atom is -0.497 e. The summed E-state index contributed by atoms with van der Waals surface area (Å²) in [6.07, 6.45) is 2.61. The average Bonchev–Trinajstić information content (AvgIpc) is 3.04. The van der Waals surface area contributed by atoms with Crippen LogP contribution in [0.4, 0.5) is 0 Å². The number of methoxy groups -OCH3 is 1. The van der Waals surface area contributed by atoms with E-state index in [9.17, 15) is 9.59 Å². The standard InChI is InChI=1S/C20H30N4O4/c1-23(13-18(25)26)15-4-3-10-24(11-9-15)20(27)17-12-21-22-19(17)14-5-7-16(28-2)8-6-14/h5-8,15,17,19,21-22H,3-4,9-13H2,1-2H3,(H,25,26). The normalized spacial score (nSPS) is 25.5. The SMILES string of the molecule is COc1ccc(C2NNCC2C(=O)N2CCCC(N(C)CC(=O)O)CC2)cc1. The van der Waals surface area contributed by atoms with E-state index < -0.39 is 5.97 Å². The summed E-state index contributed by atoms with van der Waals surface area (Å²) in [4.78, 5) is 28.0. The van der Waals surface area contributed by atoms with Crippen LogP contribution in [0.25, 0.3) is 0 Å². The number of carbonyl (C=O) groups excluding carboxylic acids is 1. The molecule has 0 bridgehead atoms. The van der Waals surface area contributed by atoms with Gasteiger partial charge in [0.05, 0.1) is 25.6 Å². The lowest BCUT2D eigenvalue weighted by molar-refractivity contribution is -0.139. The number of carbonyl (C=O) groups is 2. The second-order valence-corrected chi connectivity index (χ2v) is 7.60. The largest absolute Gasteiger partial charge is 0.497 e. The Bertz CT molecular complexity index is 681. The Kier molecular flexibility index (Phi) is 6.88. The Labute approximate surface area is 165 Å². The van der Waals surface area contributed by atoms with Gasteiger partial charge in [-0.2, -0.15) is 0 Å². The van der Waals surface area contributed by atoms with Gasteiger partial charge in [-0.15, -0.1) is 0 Å². The van der Waals surface area contributed by atoms with E-state index in [1.165, 1.54) is 0 Å². The fourth-order valence-corrected chi connectivity index (χ4v) is 4.17. The third-order valence-corrected chi connectivity index (χ3v) is 5.79. The molecule has 2 heterocycles. The zero-order chi connectivity index (χ0) is 20.1. The number of amides is 1. The van der Waals surface area contributed by atoms with Crippen LogP contribution in [-0.2, 0) is 9.59 Å². The maximum atomic E-state index is 13.2. The maximum absolute atomic E-state index is 13.2. The lowest BCUT2D eigenvalue weighted by atomic mass is 9.93. The fraction of sp³-hybridized carbons (Fsp3) is 0.600. The van der Waals surface area contributed by atoms with Crippen molar-refractivity contribution in [2.45, 2.75) is 31.3 Å². The highest BCUT2D eigenvalue weighted by Gasteiger charge is 2.37. The molecule has 3 atom stereocenters. The molecular weight excluding hydrogens is 360 g/mol. The maximum Gasteiger partial charge on any atom is 0.317 e. The predicted octanol–water partition coefficient (Wildman–Crippen LogP) is 0.858. The summed E-state index contributed by atoms with van der Waals surface area (Å²) >= 11 is 0. The molecule has 2 fully saturated rings. The van der Waals surface area contributed by atoms with Gasteiger partial charge >= 0.3 is 5.97 Å². The van der Waals surface area contributed by atoms with E-state index in [0.29, 0.717) is 13.1 Å². The van der Waals surface area contributed by atoms with Gasteiger partial charge in [-0.05, 0) is 44.0 Å². The molecule has 8 heteroatoms. The summed E-state index contributed by atoms with van der Waals surface area (Å²) in [6, 6.07) is 7.92. The zero-order valence-electron chi connectivity index (χ0n) is 16.6. The van der Waals surface area contributed by atoms with Crippen molar-refractivity contribution in [2.24, 2.45) is 5.92 Å². The Morgan fingerprint density at radius 3 is 2.68 bits per heavy atom. The number of rotatable bonds is 6. The van der Waals surface area contributed by atoms with Gasteiger partial charge in [0.2, 0.25) is 5.91 Å². The van der Waals surface area contributed by atoms with Crippen molar-refractivity contribution < 1.29 is 19.4 Å². The van der Waals surface area contributed by atoms with Gasteiger partial charge in [-0.3, -0.25) is 19.9 Å². The number of nitrogens with zero attached hydrogens (tertiary/aromatic N) is 2. The average molecular weight is 390 g/mol. The van der Waals surface area contributed by atoms with Crippen molar-refractivity contribution in [1.29, 1.82) is 0 Å². The highest BCUT2D eigenvalue weighted by atomic mass is 16.5.